The summed E-state index contributed by atoms with van der Waals surface area (Å²) in [5.74, 6) is -0.944. The predicted molar refractivity (Wildman–Crippen MR) is 85.3 cm³/mol. The minimum Gasteiger partial charge on any atom is -0.456 e. The first-order chi connectivity index (χ1) is 11.0. The van der Waals surface area contributed by atoms with E-state index in [9.17, 15) is 19.7 Å². The van der Waals surface area contributed by atoms with E-state index in [1.807, 2.05) is 17.5 Å². The Morgan fingerprint density at radius 2 is 1.96 bits per heavy atom. The Labute approximate surface area is 136 Å². The number of carbonyl (C=O) groups is 2. The first-order valence-corrected chi connectivity index (χ1v) is 7.65. The van der Waals surface area contributed by atoms with E-state index in [1.54, 1.807) is 11.3 Å². The second-order valence-electron chi connectivity index (χ2n) is 4.59. The highest BCUT2D eigenvalue weighted by atomic mass is 32.1. The maximum absolute atomic E-state index is 11.6. The molecule has 0 bridgehead atoms. The Hall–Kier alpha value is -2.74. The Morgan fingerprint density at radius 1 is 1.22 bits per heavy atom. The maximum atomic E-state index is 11.6. The van der Waals surface area contributed by atoms with E-state index < -0.39 is 16.8 Å². The van der Waals surface area contributed by atoms with Crippen molar-refractivity contribution in [1.29, 1.82) is 0 Å². The highest BCUT2D eigenvalue weighted by Crippen LogP contribution is 2.15. The third-order valence-electron chi connectivity index (χ3n) is 2.88. The van der Waals surface area contributed by atoms with Gasteiger partial charge < -0.3 is 10.1 Å². The van der Waals surface area contributed by atoms with Crippen LogP contribution in [0.2, 0.25) is 0 Å². The summed E-state index contributed by atoms with van der Waals surface area (Å²) in [6.07, 6.45) is 0.797. The highest BCUT2D eigenvalue weighted by Gasteiger charge is 2.10. The van der Waals surface area contributed by atoms with Gasteiger partial charge in [-0.05, 0) is 30.0 Å². The van der Waals surface area contributed by atoms with Gasteiger partial charge in [-0.2, -0.15) is 0 Å². The molecule has 2 aromatic rings. The molecule has 0 atom stereocenters. The number of ether oxygens (including phenoxy) is 1. The van der Waals surface area contributed by atoms with Crippen LogP contribution < -0.4 is 5.32 Å². The van der Waals surface area contributed by atoms with E-state index in [0.29, 0.717) is 12.1 Å². The van der Waals surface area contributed by atoms with Gasteiger partial charge in [0.05, 0.1) is 11.3 Å². The SMILES string of the molecule is O=C(COC(=O)CCc1cccs1)Nc1ccc([N+](=O)[O-])cc1. The zero-order chi connectivity index (χ0) is 16.7. The van der Waals surface area contributed by atoms with E-state index in [2.05, 4.69) is 5.32 Å². The number of hydrogen-bond donors (Lipinski definition) is 1. The molecule has 0 aliphatic rings. The fourth-order valence-corrected chi connectivity index (χ4v) is 2.47. The molecule has 1 heterocycles. The fraction of sp³-hybridized carbons (Fsp3) is 0.200. The van der Waals surface area contributed by atoms with Crippen molar-refractivity contribution >= 4 is 34.6 Å². The van der Waals surface area contributed by atoms with Crippen LogP contribution in [0.3, 0.4) is 0 Å². The van der Waals surface area contributed by atoms with Crippen LogP contribution in [0.25, 0.3) is 0 Å². The molecule has 1 aromatic carbocycles. The van der Waals surface area contributed by atoms with E-state index in [4.69, 9.17) is 4.74 Å². The van der Waals surface area contributed by atoms with Crippen LogP contribution in [0.15, 0.2) is 41.8 Å². The van der Waals surface area contributed by atoms with Gasteiger partial charge in [0, 0.05) is 22.7 Å². The Kier molecular flexibility index (Phi) is 5.81. The number of hydrogen-bond acceptors (Lipinski definition) is 6. The molecule has 7 nitrogen and oxygen atoms in total. The van der Waals surface area contributed by atoms with Crippen LogP contribution >= 0.6 is 11.3 Å². The van der Waals surface area contributed by atoms with Crippen LogP contribution in [0.5, 0.6) is 0 Å². The van der Waals surface area contributed by atoms with Gasteiger partial charge in [-0.25, -0.2) is 0 Å². The van der Waals surface area contributed by atoms with E-state index in [-0.39, 0.29) is 18.7 Å². The molecule has 0 fully saturated rings. The molecule has 0 radical (unpaired) electrons. The number of anilines is 1. The molecular formula is C15H14N2O5S. The van der Waals surface area contributed by atoms with Crippen molar-refractivity contribution in [3.05, 3.63) is 56.8 Å². The molecular weight excluding hydrogens is 320 g/mol. The summed E-state index contributed by atoms with van der Waals surface area (Å²) in [5, 5.41) is 14.9. The molecule has 23 heavy (non-hydrogen) atoms. The molecule has 0 spiro atoms. The summed E-state index contributed by atoms with van der Waals surface area (Å²) in [6, 6.07) is 9.22. The van der Waals surface area contributed by atoms with Gasteiger partial charge in [-0.1, -0.05) is 6.07 Å². The Bertz CT molecular complexity index is 682. The number of nitro groups is 1. The Morgan fingerprint density at radius 3 is 2.57 bits per heavy atom. The van der Waals surface area contributed by atoms with Gasteiger partial charge in [0.25, 0.3) is 11.6 Å². The lowest BCUT2D eigenvalue weighted by Crippen LogP contribution is -2.21. The number of rotatable bonds is 7. The summed E-state index contributed by atoms with van der Waals surface area (Å²) in [4.78, 5) is 34.3. The molecule has 0 saturated heterocycles. The largest absolute Gasteiger partial charge is 0.456 e. The number of non-ortho nitro benzene ring substituents is 1. The number of thiophene rings is 1. The summed E-state index contributed by atoms with van der Waals surface area (Å²) < 4.78 is 4.88. The van der Waals surface area contributed by atoms with Crippen molar-refractivity contribution in [2.75, 3.05) is 11.9 Å². The van der Waals surface area contributed by atoms with E-state index in [1.165, 1.54) is 24.3 Å². The normalized spacial score (nSPS) is 10.1. The van der Waals surface area contributed by atoms with Gasteiger partial charge in [-0.15, -0.1) is 11.3 Å². The number of esters is 1. The van der Waals surface area contributed by atoms with Crippen molar-refractivity contribution in [2.45, 2.75) is 12.8 Å². The molecule has 1 amide bonds. The molecule has 8 heteroatoms. The van der Waals surface area contributed by atoms with Gasteiger partial charge in [0.2, 0.25) is 0 Å². The van der Waals surface area contributed by atoms with Crippen LogP contribution in [-0.4, -0.2) is 23.4 Å². The second kappa shape index (κ2) is 8.04. The van der Waals surface area contributed by atoms with Crippen molar-refractivity contribution in [1.82, 2.24) is 0 Å². The summed E-state index contributed by atoms with van der Waals surface area (Å²) in [7, 11) is 0. The third kappa shape index (κ3) is 5.51. The molecule has 0 aliphatic heterocycles. The minimum absolute atomic E-state index is 0.0667. The van der Waals surface area contributed by atoms with Crippen LogP contribution in [0.4, 0.5) is 11.4 Å². The smallest absolute Gasteiger partial charge is 0.306 e. The molecule has 1 N–H and O–H groups in total. The number of nitrogens with zero attached hydrogens (tertiary/aromatic N) is 1. The predicted octanol–water partition coefficient (Wildman–Crippen LogP) is 2.77. The van der Waals surface area contributed by atoms with Crippen molar-refractivity contribution in [2.24, 2.45) is 0 Å². The molecule has 120 valence electrons. The van der Waals surface area contributed by atoms with Gasteiger partial charge in [-0.3, -0.25) is 19.7 Å². The monoisotopic (exact) mass is 334 g/mol. The Balaban J connectivity index is 1.71. The zero-order valence-corrected chi connectivity index (χ0v) is 12.9. The average molecular weight is 334 g/mol. The lowest BCUT2D eigenvalue weighted by molar-refractivity contribution is -0.384. The van der Waals surface area contributed by atoms with Crippen LogP contribution in [0.1, 0.15) is 11.3 Å². The molecule has 0 unspecified atom stereocenters. The van der Waals surface area contributed by atoms with Crippen LogP contribution in [0, 0.1) is 10.1 Å². The molecule has 2 rings (SSSR count). The molecule has 1 aromatic heterocycles. The number of carbonyl (C=O) groups excluding carboxylic acids is 2. The zero-order valence-electron chi connectivity index (χ0n) is 12.1. The third-order valence-corrected chi connectivity index (χ3v) is 3.82. The first kappa shape index (κ1) is 16.6. The van der Waals surface area contributed by atoms with Crippen molar-refractivity contribution in [3.63, 3.8) is 0 Å². The minimum atomic E-state index is -0.527. The quantitative estimate of drug-likeness (QED) is 0.477. The fourth-order valence-electron chi connectivity index (χ4n) is 1.76. The van der Waals surface area contributed by atoms with Gasteiger partial charge in [0.1, 0.15) is 0 Å². The number of nitro benzene ring substituents is 1. The number of amides is 1. The van der Waals surface area contributed by atoms with Gasteiger partial charge >= 0.3 is 5.97 Å². The molecule has 0 aliphatic carbocycles. The standard InChI is InChI=1S/C15H14N2O5S/c18-14(16-11-3-5-12(6-4-11)17(20)21)10-22-15(19)8-7-13-2-1-9-23-13/h1-6,9H,7-8,10H2,(H,16,18). The second-order valence-corrected chi connectivity index (χ2v) is 5.62. The lowest BCUT2D eigenvalue weighted by atomic mass is 10.3. The van der Waals surface area contributed by atoms with Crippen molar-refractivity contribution < 1.29 is 19.2 Å². The van der Waals surface area contributed by atoms with Gasteiger partial charge in [0.15, 0.2) is 6.61 Å². The topological polar surface area (TPSA) is 98.5 Å². The first-order valence-electron chi connectivity index (χ1n) is 6.77. The average Bonchev–Trinajstić information content (AvgIpc) is 3.05. The lowest BCUT2D eigenvalue weighted by Gasteiger charge is -2.06. The van der Waals surface area contributed by atoms with E-state index >= 15 is 0 Å². The number of aryl methyl sites for hydroxylation is 1. The van der Waals surface area contributed by atoms with Crippen molar-refractivity contribution in [3.8, 4) is 0 Å². The van der Waals surface area contributed by atoms with E-state index in [0.717, 1.165) is 4.88 Å². The summed E-state index contributed by atoms with van der Waals surface area (Å²) in [5.41, 5.74) is 0.332. The summed E-state index contributed by atoms with van der Waals surface area (Å²) >= 11 is 1.56. The maximum Gasteiger partial charge on any atom is 0.306 e. The van der Waals surface area contributed by atoms with Crippen LogP contribution in [-0.2, 0) is 20.7 Å². The number of benzene rings is 1. The highest BCUT2D eigenvalue weighted by molar-refractivity contribution is 7.09. The number of nitrogens with one attached hydrogen (secondary N) is 1. The molecule has 0 saturated carbocycles. The summed E-state index contributed by atoms with van der Waals surface area (Å²) in [6.45, 7) is -0.389.